The van der Waals surface area contributed by atoms with Gasteiger partial charge in [0.1, 0.15) is 0 Å². The first-order valence-corrected chi connectivity index (χ1v) is 6.80. The predicted molar refractivity (Wildman–Crippen MR) is 73.0 cm³/mol. The van der Waals surface area contributed by atoms with Gasteiger partial charge in [0, 0.05) is 12.6 Å². The maximum Gasteiger partial charge on any atom is 0.0230 e. The molecule has 1 unspecified atom stereocenters. The van der Waals surface area contributed by atoms with Crippen molar-refractivity contribution in [1.29, 1.82) is 0 Å². The van der Waals surface area contributed by atoms with Gasteiger partial charge in [0.05, 0.1) is 0 Å². The minimum atomic E-state index is 0.792. The van der Waals surface area contributed by atoms with Crippen LogP contribution >= 0.6 is 0 Å². The minimum Gasteiger partial charge on any atom is -0.314 e. The molecular weight excluding hydrogens is 208 g/mol. The summed E-state index contributed by atoms with van der Waals surface area (Å²) in [6.45, 7) is 3.50. The quantitative estimate of drug-likeness (QED) is 0.811. The van der Waals surface area contributed by atoms with Gasteiger partial charge >= 0.3 is 0 Å². The van der Waals surface area contributed by atoms with Gasteiger partial charge in [-0.1, -0.05) is 30.3 Å². The summed E-state index contributed by atoms with van der Waals surface area (Å²) in [4.78, 5) is 2.42. The van der Waals surface area contributed by atoms with Crippen LogP contribution in [0.2, 0.25) is 0 Å². The lowest BCUT2D eigenvalue weighted by atomic mass is 10.1. The number of nitrogens with zero attached hydrogens (tertiary/aromatic N) is 1. The van der Waals surface area contributed by atoms with Crippen LogP contribution in [0.25, 0.3) is 0 Å². The van der Waals surface area contributed by atoms with E-state index in [-0.39, 0.29) is 0 Å². The van der Waals surface area contributed by atoms with Crippen LogP contribution in [0.3, 0.4) is 0 Å². The third kappa shape index (κ3) is 4.49. The standard InChI is InChI=1S/C15H24N2/c1-17(13-14-7-3-2-4-8-14)12-6-10-15-9-5-11-16-15/h2-4,7-8,15-16H,5-6,9-13H2,1H3. The summed E-state index contributed by atoms with van der Waals surface area (Å²) < 4.78 is 0. The lowest BCUT2D eigenvalue weighted by Gasteiger charge is -2.18. The Morgan fingerprint density at radius 1 is 1.29 bits per heavy atom. The molecule has 94 valence electrons. The zero-order valence-corrected chi connectivity index (χ0v) is 10.9. The second kappa shape index (κ2) is 6.77. The fraction of sp³-hybridized carbons (Fsp3) is 0.600. The van der Waals surface area contributed by atoms with Gasteiger partial charge in [-0.3, -0.25) is 0 Å². The van der Waals surface area contributed by atoms with Gasteiger partial charge in [0.15, 0.2) is 0 Å². The third-order valence-electron chi connectivity index (χ3n) is 3.55. The lowest BCUT2D eigenvalue weighted by Crippen LogP contribution is -2.24. The summed E-state index contributed by atoms with van der Waals surface area (Å²) in [5.74, 6) is 0. The Kier molecular flexibility index (Phi) is 5.02. The van der Waals surface area contributed by atoms with Crippen molar-refractivity contribution in [1.82, 2.24) is 10.2 Å². The first-order chi connectivity index (χ1) is 8.34. The molecule has 0 saturated carbocycles. The summed E-state index contributed by atoms with van der Waals surface area (Å²) in [7, 11) is 2.22. The number of hydrogen-bond acceptors (Lipinski definition) is 2. The molecule has 17 heavy (non-hydrogen) atoms. The summed E-state index contributed by atoms with van der Waals surface area (Å²) in [6, 6.07) is 11.5. The molecule has 0 spiro atoms. The molecule has 1 atom stereocenters. The van der Waals surface area contributed by atoms with Gasteiger partial charge in [0.2, 0.25) is 0 Å². The van der Waals surface area contributed by atoms with Gasteiger partial charge < -0.3 is 10.2 Å². The fourth-order valence-electron chi connectivity index (χ4n) is 2.58. The Balaban J connectivity index is 1.62. The average Bonchev–Trinajstić information content (AvgIpc) is 2.83. The molecular formula is C15H24N2. The average molecular weight is 232 g/mol. The molecule has 0 aliphatic carbocycles. The van der Waals surface area contributed by atoms with Crippen molar-refractivity contribution in [3.05, 3.63) is 35.9 Å². The van der Waals surface area contributed by atoms with Crippen molar-refractivity contribution in [2.24, 2.45) is 0 Å². The Morgan fingerprint density at radius 3 is 2.82 bits per heavy atom. The van der Waals surface area contributed by atoms with Gasteiger partial charge in [-0.25, -0.2) is 0 Å². The predicted octanol–water partition coefficient (Wildman–Crippen LogP) is 2.65. The first-order valence-electron chi connectivity index (χ1n) is 6.80. The monoisotopic (exact) mass is 232 g/mol. The largest absolute Gasteiger partial charge is 0.314 e. The summed E-state index contributed by atoms with van der Waals surface area (Å²) >= 11 is 0. The molecule has 1 aliphatic heterocycles. The van der Waals surface area contributed by atoms with Crippen LogP contribution in [0.1, 0.15) is 31.2 Å². The molecule has 2 nitrogen and oxygen atoms in total. The van der Waals surface area contributed by atoms with Crippen LogP contribution in [-0.2, 0) is 6.54 Å². The van der Waals surface area contributed by atoms with Gasteiger partial charge in [-0.15, -0.1) is 0 Å². The summed E-state index contributed by atoms with van der Waals surface area (Å²) in [5, 5.41) is 3.56. The Bertz CT molecular complexity index is 304. The van der Waals surface area contributed by atoms with Gasteiger partial charge in [-0.2, -0.15) is 0 Å². The van der Waals surface area contributed by atoms with E-state index in [1.165, 1.54) is 44.3 Å². The van der Waals surface area contributed by atoms with Crippen LogP contribution in [-0.4, -0.2) is 31.1 Å². The SMILES string of the molecule is CN(CCCC1CCCN1)Cc1ccccc1. The zero-order chi connectivity index (χ0) is 11.9. The molecule has 0 bridgehead atoms. The maximum atomic E-state index is 3.56. The van der Waals surface area contributed by atoms with Gasteiger partial charge in [0.25, 0.3) is 0 Å². The van der Waals surface area contributed by atoms with E-state index in [1.54, 1.807) is 0 Å². The molecule has 0 radical (unpaired) electrons. The molecule has 1 aromatic rings. The number of nitrogens with one attached hydrogen (secondary N) is 1. The molecule has 1 heterocycles. The zero-order valence-electron chi connectivity index (χ0n) is 10.9. The lowest BCUT2D eigenvalue weighted by molar-refractivity contribution is 0.311. The fourth-order valence-corrected chi connectivity index (χ4v) is 2.58. The highest BCUT2D eigenvalue weighted by Gasteiger charge is 2.13. The molecule has 1 N–H and O–H groups in total. The topological polar surface area (TPSA) is 15.3 Å². The molecule has 2 heteroatoms. The van der Waals surface area contributed by atoms with E-state index in [0.29, 0.717) is 0 Å². The molecule has 1 aromatic carbocycles. The van der Waals surface area contributed by atoms with E-state index >= 15 is 0 Å². The molecule has 2 rings (SSSR count). The van der Waals surface area contributed by atoms with Gasteiger partial charge in [-0.05, 0) is 51.4 Å². The summed E-state index contributed by atoms with van der Waals surface area (Å²) in [6.07, 6.45) is 5.38. The number of rotatable bonds is 6. The number of hydrogen-bond donors (Lipinski definition) is 1. The Morgan fingerprint density at radius 2 is 2.12 bits per heavy atom. The molecule has 1 fully saturated rings. The minimum absolute atomic E-state index is 0.792. The van der Waals surface area contributed by atoms with E-state index in [2.05, 4.69) is 47.6 Å². The molecule has 0 amide bonds. The first kappa shape index (κ1) is 12.6. The van der Waals surface area contributed by atoms with E-state index < -0.39 is 0 Å². The van der Waals surface area contributed by atoms with Crippen molar-refractivity contribution >= 4 is 0 Å². The van der Waals surface area contributed by atoms with Crippen LogP contribution in [0.4, 0.5) is 0 Å². The van der Waals surface area contributed by atoms with Crippen LogP contribution < -0.4 is 5.32 Å². The highest BCUT2D eigenvalue weighted by Crippen LogP contribution is 2.11. The van der Waals surface area contributed by atoms with Crippen LogP contribution in [0.5, 0.6) is 0 Å². The van der Waals surface area contributed by atoms with E-state index in [9.17, 15) is 0 Å². The van der Waals surface area contributed by atoms with Crippen molar-refractivity contribution < 1.29 is 0 Å². The Labute approximate surface area is 105 Å². The second-order valence-electron chi connectivity index (χ2n) is 5.16. The normalized spacial score (nSPS) is 20.0. The van der Waals surface area contributed by atoms with E-state index in [0.717, 1.165) is 12.6 Å². The van der Waals surface area contributed by atoms with Crippen molar-refractivity contribution in [3.63, 3.8) is 0 Å². The van der Waals surface area contributed by atoms with Crippen molar-refractivity contribution in [2.75, 3.05) is 20.1 Å². The smallest absolute Gasteiger partial charge is 0.0230 e. The van der Waals surface area contributed by atoms with Crippen molar-refractivity contribution in [2.45, 2.75) is 38.3 Å². The second-order valence-corrected chi connectivity index (χ2v) is 5.16. The summed E-state index contributed by atoms with van der Waals surface area (Å²) in [5.41, 5.74) is 1.41. The van der Waals surface area contributed by atoms with Crippen LogP contribution in [0.15, 0.2) is 30.3 Å². The molecule has 0 aromatic heterocycles. The third-order valence-corrected chi connectivity index (χ3v) is 3.55. The van der Waals surface area contributed by atoms with E-state index in [4.69, 9.17) is 0 Å². The maximum absolute atomic E-state index is 3.56. The molecule has 1 aliphatic rings. The highest BCUT2D eigenvalue weighted by molar-refractivity contribution is 5.14. The van der Waals surface area contributed by atoms with Crippen molar-refractivity contribution in [3.8, 4) is 0 Å². The highest BCUT2D eigenvalue weighted by atomic mass is 15.1. The van der Waals surface area contributed by atoms with Crippen LogP contribution in [0, 0.1) is 0 Å². The Hall–Kier alpha value is -0.860. The molecule has 1 saturated heterocycles. The number of benzene rings is 1. The van der Waals surface area contributed by atoms with E-state index in [1.807, 2.05) is 0 Å².